The summed E-state index contributed by atoms with van der Waals surface area (Å²) in [5.41, 5.74) is 1.18. The van der Waals surface area contributed by atoms with Crippen LogP contribution in [0.2, 0.25) is 0 Å². The zero-order valence-corrected chi connectivity index (χ0v) is 18.2. The molecular weight excluding hydrogens is 366 g/mol. The topological polar surface area (TPSA) is 79.6 Å². The number of aromatic nitrogens is 3. The monoisotopic (exact) mass is 401 g/mol. The largest absolute Gasteiger partial charge is 0.492 e. The van der Waals surface area contributed by atoms with E-state index >= 15 is 0 Å². The van der Waals surface area contributed by atoms with Gasteiger partial charge in [0, 0.05) is 39.6 Å². The number of aliphatic imine (C=N–C) groups is 1. The molecular formula is C21H35N7O. The quantitative estimate of drug-likeness (QED) is 0.418. The molecule has 0 aliphatic heterocycles. The Hall–Kier alpha value is -2.61. The Balaban J connectivity index is 1.70. The van der Waals surface area contributed by atoms with E-state index in [0.29, 0.717) is 13.2 Å². The van der Waals surface area contributed by atoms with Gasteiger partial charge in [-0.25, -0.2) is 0 Å². The van der Waals surface area contributed by atoms with E-state index in [1.807, 2.05) is 12.1 Å². The second kappa shape index (κ2) is 12.8. The van der Waals surface area contributed by atoms with Gasteiger partial charge in [-0.05, 0) is 30.8 Å². The standard InChI is InChI=1S/C21H35N7O/c1-5-20-26-25-17-28(20)13-12-23-21(22-4)24-16-18-8-10-19(11-9-18)29-15-14-27(6-2)7-3/h8-11,17H,5-7,12-16H2,1-4H3,(H2,22,23,24). The van der Waals surface area contributed by atoms with E-state index in [2.05, 4.69) is 68.2 Å². The summed E-state index contributed by atoms with van der Waals surface area (Å²) in [5.74, 6) is 2.67. The highest BCUT2D eigenvalue weighted by Gasteiger charge is 2.03. The molecule has 0 radical (unpaired) electrons. The molecule has 1 heterocycles. The minimum absolute atomic E-state index is 0.701. The van der Waals surface area contributed by atoms with Crippen LogP contribution < -0.4 is 15.4 Å². The Morgan fingerprint density at radius 3 is 2.55 bits per heavy atom. The summed E-state index contributed by atoms with van der Waals surface area (Å²) in [4.78, 5) is 6.63. The lowest BCUT2D eigenvalue weighted by Crippen LogP contribution is -2.38. The van der Waals surface area contributed by atoms with Gasteiger partial charge >= 0.3 is 0 Å². The number of nitrogens with one attached hydrogen (secondary N) is 2. The number of nitrogens with zero attached hydrogens (tertiary/aromatic N) is 5. The van der Waals surface area contributed by atoms with Crippen LogP contribution in [0, 0.1) is 0 Å². The zero-order valence-electron chi connectivity index (χ0n) is 18.2. The Kier molecular flexibility index (Phi) is 9.99. The summed E-state index contributed by atoms with van der Waals surface area (Å²) in [6.07, 6.45) is 2.64. The summed E-state index contributed by atoms with van der Waals surface area (Å²) in [6, 6.07) is 8.21. The molecule has 29 heavy (non-hydrogen) atoms. The fourth-order valence-electron chi connectivity index (χ4n) is 2.98. The Morgan fingerprint density at radius 2 is 1.90 bits per heavy atom. The Labute approximate surface area is 174 Å². The van der Waals surface area contributed by atoms with Gasteiger partial charge in [0.1, 0.15) is 24.5 Å². The van der Waals surface area contributed by atoms with Crippen molar-refractivity contribution in [1.82, 2.24) is 30.3 Å². The normalized spacial score (nSPS) is 11.7. The van der Waals surface area contributed by atoms with Crippen LogP contribution in [0.1, 0.15) is 32.2 Å². The molecule has 2 aromatic rings. The van der Waals surface area contributed by atoms with E-state index in [9.17, 15) is 0 Å². The number of benzene rings is 1. The molecule has 1 aromatic carbocycles. The fourth-order valence-corrected chi connectivity index (χ4v) is 2.98. The van der Waals surface area contributed by atoms with Crippen molar-refractivity contribution in [2.45, 2.75) is 40.3 Å². The highest BCUT2D eigenvalue weighted by Crippen LogP contribution is 2.12. The minimum atomic E-state index is 0.701. The van der Waals surface area contributed by atoms with Crippen molar-refractivity contribution >= 4 is 5.96 Å². The fraction of sp³-hybridized carbons (Fsp3) is 0.571. The first-order valence-corrected chi connectivity index (χ1v) is 10.4. The molecule has 0 saturated heterocycles. The van der Waals surface area contributed by atoms with E-state index in [0.717, 1.165) is 56.7 Å². The summed E-state index contributed by atoms with van der Waals surface area (Å²) >= 11 is 0. The summed E-state index contributed by atoms with van der Waals surface area (Å²) in [5, 5.41) is 14.7. The van der Waals surface area contributed by atoms with Gasteiger partial charge in [-0.3, -0.25) is 4.99 Å². The van der Waals surface area contributed by atoms with Crippen LogP contribution in [0.5, 0.6) is 5.75 Å². The maximum Gasteiger partial charge on any atom is 0.191 e. The van der Waals surface area contributed by atoms with Crippen molar-refractivity contribution in [3.63, 3.8) is 0 Å². The van der Waals surface area contributed by atoms with Gasteiger partial charge in [-0.1, -0.05) is 32.9 Å². The first-order valence-electron chi connectivity index (χ1n) is 10.4. The molecule has 2 rings (SSSR count). The molecule has 0 unspecified atom stereocenters. The number of hydrogen-bond donors (Lipinski definition) is 2. The lowest BCUT2D eigenvalue weighted by atomic mass is 10.2. The molecule has 0 aliphatic rings. The second-order valence-corrected chi connectivity index (χ2v) is 6.67. The average Bonchev–Trinajstić information content (AvgIpc) is 3.22. The van der Waals surface area contributed by atoms with Gasteiger partial charge in [0.15, 0.2) is 5.96 Å². The number of hydrogen-bond acceptors (Lipinski definition) is 5. The van der Waals surface area contributed by atoms with E-state index in [1.54, 1.807) is 13.4 Å². The van der Waals surface area contributed by atoms with Crippen LogP contribution in [-0.2, 0) is 19.5 Å². The molecule has 0 fully saturated rings. The maximum absolute atomic E-state index is 5.84. The van der Waals surface area contributed by atoms with Crippen LogP contribution in [-0.4, -0.2) is 65.5 Å². The first kappa shape index (κ1) is 22.7. The first-order chi connectivity index (χ1) is 14.2. The van der Waals surface area contributed by atoms with Crippen LogP contribution in [0.25, 0.3) is 0 Å². The summed E-state index contributed by atoms with van der Waals surface area (Å²) in [7, 11) is 1.78. The molecule has 0 saturated carbocycles. The highest BCUT2D eigenvalue weighted by molar-refractivity contribution is 5.79. The predicted octanol–water partition coefficient (Wildman–Crippen LogP) is 1.93. The SMILES string of the molecule is CCc1nncn1CCNC(=NC)NCc1ccc(OCCN(CC)CC)cc1. The third-order valence-corrected chi connectivity index (χ3v) is 4.83. The third-order valence-electron chi connectivity index (χ3n) is 4.83. The van der Waals surface area contributed by atoms with Gasteiger partial charge in [0.2, 0.25) is 0 Å². The van der Waals surface area contributed by atoms with Crippen LogP contribution in [0.3, 0.4) is 0 Å². The number of rotatable bonds is 12. The predicted molar refractivity (Wildman–Crippen MR) is 117 cm³/mol. The number of ether oxygens (including phenoxy) is 1. The van der Waals surface area contributed by atoms with Crippen molar-refractivity contribution in [1.29, 1.82) is 0 Å². The summed E-state index contributed by atoms with van der Waals surface area (Å²) < 4.78 is 7.89. The van der Waals surface area contributed by atoms with Crippen molar-refractivity contribution < 1.29 is 4.74 Å². The van der Waals surface area contributed by atoms with Gasteiger partial charge in [0.05, 0.1) is 0 Å². The smallest absolute Gasteiger partial charge is 0.191 e. The molecule has 0 spiro atoms. The van der Waals surface area contributed by atoms with E-state index < -0.39 is 0 Å². The minimum Gasteiger partial charge on any atom is -0.492 e. The number of guanidine groups is 1. The lowest BCUT2D eigenvalue weighted by Gasteiger charge is -2.18. The van der Waals surface area contributed by atoms with Gasteiger partial charge < -0.3 is 24.8 Å². The van der Waals surface area contributed by atoms with Crippen molar-refractivity contribution in [3.05, 3.63) is 42.0 Å². The van der Waals surface area contributed by atoms with E-state index in [-0.39, 0.29) is 0 Å². The number of aryl methyl sites for hydroxylation is 1. The zero-order chi connectivity index (χ0) is 20.9. The van der Waals surface area contributed by atoms with Crippen molar-refractivity contribution in [2.24, 2.45) is 4.99 Å². The number of likely N-dealkylation sites (N-methyl/N-ethyl adjacent to an activating group) is 1. The molecule has 1 aromatic heterocycles. The lowest BCUT2D eigenvalue weighted by molar-refractivity contribution is 0.223. The molecule has 160 valence electrons. The van der Waals surface area contributed by atoms with E-state index in [4.69, 9.17) is 4.74 Å². The third kappa shape index (κ3) is 7.73. The van der Waals surface area contributed by atoms with E-state index in [1.165, 1.54) is 5.56 Å². The Morgan fingerprint density at radius 1 is 1.14 bits per heavy atom. The van der Waals surface area contributed by atoms with Crippen molar-refractivity contribution in [2.75, 3.05) is 39.8 Å². The molecule has 0 amide bonds. The average molecular weight is 402 g/mol. The molecule has 0 bridgehead atoms. The van der Waals surface area contributed by atoms with Crippen LogP contribution in [0.4, 0.5) is 0 Å². The molecule has 0 aliphatic carbocycles. The van der Waals surface area contributed by atoms with Gasteiger partial charge in [-0.15, -0.1) is 10.2 Å². The van der Waals surface area contributed by atoms with Crippen LogP contribution in [0.15, 0.2) is 35.6 Å². The van der Waals surface area contributed by atoms with Crippen LogP contribution >= 0.6 is 0 Å². The second-order valence-electron chi connectivity index (χ2n) is 6.67. The van der Waals surface area contributed by atoms with Gasteiger partial charge in [-0.2, -0.15) is 0 Å². The Bertz CT molecular complexity index is 723. The maximum atomic E-state index is 5.84. The molecule has 8 heteroatoms. The molecule has 2 N–H and O–H groups in total. The summed E-state index contributed by atoms with van der Waals surface area (Å²) in [6.45, 7) is 12.5. The molecule has 0 atom stereocenters. The highest BCUT2D eigenvalue weighted by atomic mass is 16.5. The molecule has 8 nitrogen and oxygen atoms in total. The van der Waals surface area contributed by atoms with Crippen molar-refractivity contribution in [3.8, 4) is 5.75 Å². The van der Waals surface area contributed by atoms with Gasteiger partial charge in [0.25, 0.3) is 0 Å².